The van der Waals surface area contributed by atoms with Crippen molar-refractivity contribution >= 4 is 11.7 Å². The van der Waals surface area contributed by atoms with Gasteiger partial charge in [0.05, 0.1) is 12.6 Å². The highest BCUT2D eigenvalue weighted by molar-refractivity contribution is 5.98. The van der Waals surface area contributed by atoms with Gasteiger partial charge in [-0.2, -0.15) is 0 Å². The average Bonchev–Trinajstić information content (AvgIpc) is 2.56. The smallest absolute Gasteiger partial charge is 0.251 e. The van der Waals surface area contributed by atoms with Crippen molar-refractivity contribution in [2.45, 2.75) is 12.5 Å². The van der Waals surface area contributed by atoms with Crippen molar-refractivity contribution in [1.82, 2.24) is 5.32 Å². The van der Waals surface area contributed by atoms with Gasteiger partial charge in [-0.3, -0.25) is 15.3 Å². The Morgan fingerprint density at radius 3 is 2.17 bits per heavy atom. The first-order valence-corrected chi connectivity index (χ1v) is 7.11. The minimum atomic E-state index is -0.451. The quantitative estimate of drug-likeness (QED) is 0.477. The van der Waals surface area contributed by atoms with Gasteiger partial charge in [0.15, 0.2) is 5.75 Å². The van der Waals surface area contributed by atoms with Crippen LogP contribution in [0.3, 0.4) is 0 Å². The third kappa shape index (κ3) is 4.55. The summed E-state index contributed by atoms with van der Waals surface area (Å²) in [6.07, 6.45) is 0.425. The first-order chi connectivity index (χ1) is 11.0. The monoisotopic (exact) mass is 312 g/mol. The molecule has 6 nitrogen and oxygen atoms in total. The molecule has 2 aromatic carbocycles. The van der Waals surface area contributed by atoms with E-state index in [-0.39, 0.29) is 24.1 Å². The van der Waals surface area contributed by atoms with E-state index in [4.69, 9.17) is 11.1 Å². The number of carbonyl (C=O) groups is 1. The molecule has 0 saturated heterocycles. The van der Waals surface area contributed by atoms with E-state index in [0.29, 0.717) is 17.5 Å². The SMILES string of the molecule is N=C(N)c1ccc(C(=O)N[C@@H](CO)Cc2ccc([O])cc2)cc1. The Morgan fingerprint density at radius 1 is 1.09 bits per heavy atom. The molecule has 1 atom stereocenters. The van der Waals surface area contributed by atoms with Crippen LogP contribution in [0.5, 0.6) is 5.75 Å². The van der Waals surface area contributed by atoms with Gasteiger partial charge >= 0.3 is 0 Å². The molecule has 6 heteroatoms. The van der Waals surface area contributed by atoms with Crippen molar-refractivity contribution in [3.63, 3.8) is 0 Å². The van der Waals surface area contributed by atoms with Crippen molar-refractivity contribution in [2.24, 2.45) is 5.73 Å². The minimum absolute atomic E-state index is 0.0630. The van der Waals surface area contributed by atoms with Crippen molar-refractivity contribution in [3.05, 3.63) is 65.2 Å². The summed E-state index contributed by atoms with van der Waals surface area (Å²) in [5, 5.41) is 30.6. The Kier molecular flexibility index (Phi) is 5.32. The molecule has 0 saturated carbocycles. The molecule has 119 valence electrons. The molecule has 1 radical (unpaired) electrons. The van der Waals surface area contributed by atoms with Gasteiger partial charge < -0.3 is 16.2 Å². The third-order valence-corrected chi connectivity index (χ3v) is 3.42. The molecule has 0 fully saturated rings. The summed E-state index contributed by atoms with van der Waals surface area (Å²) in [5.74, 6) is -0.462. The zero-order valence-electron chi connectivity index (χ0n) is 12.5. The van der Waals surface area contributed by atoms with E-state index in [1.807, 2.05) is 0 Å². The van der Waals surface area contributed by atoms with Crippen LogP contribution in [0.15, 0.2) is 48.5 Å². The van der Waals surface area contributed by atoms with E-state index >= 15 is 0 Å². The van der Waals surface area contributed by atoms with Crippen molar-refractivity contribution in [2.75, 3.05) is 6.61 Å². The highest BCUT2D eigenvalue weighted by Gasteiger charge is 2.14. The second-order valence-corrected chi connectivity index (χ2v) is 5.19. The molecule has 0 aliphatic heterocycles. The predicted octanol–water partition coefficient (Wildman–Crippen LogP) is 1.45. The highest BCUT2D eigenvalue weighted by atomic mass is 16.3. The summed E-state index contributed by atoms with van der Waals surface area (Å²) < 4.78 is 0. The van der Waals surface area contributed by atoms with Gasteiger partial charge in [0.2, 0.25) is 0 Å². The molecule has 1 amide bonds. The number of nitrogens with two attached hydrogens (primary N) is 1. The average molecular weight is 312 g/mol. The van der Waals surface area contributed by atoms with Gasteiger partial charge in [0.25, 0.3) is 5.91 Å². The summed E-state index contributed by atoms with van der Waals surface area (Å²) in [6.45, 7) is -0.212. The molecule has 0 spiro atoms. The molecule has 0 aromatic heterocycles. The number of hydrogen-bond donors (Lipinski definition) is 4. The Balaban J connectivity index is 2.01. The molecule has 0 aliphatic rings. The molecule has 0 heterocycles. The number of nitrogens with one attached hydrogen (secondary N) is 2. The van der Waals surface area contributed by atoms with Gasteiger partial charge in [-0.15, -0.1) is 0 Å². The number of rotatable bonds is 6. The van der Waals surface area contributed by atoms with Gasteiger partial charge in [-0.1, -0.05) is 24.3 Å². The number of aliphatic hydroxyl groups excluding tert-OH is 1. The molecule has 5 N–H and O–H groups in total. The first kappa shape index (κ1) is 16.5. The number of amidine groups is 1. The van der Waals surface area contributed by atoms with E-state index < -0.39 is 6.04 Å². The van der Waals surface area contributed by atoms with Crippen LogP contribution in [-0.2, 0) is 11.5 Å². The maximum atomic E-state index is 12.2. The summed E-state index contributed by atoms with van der Waals surface area (Å²) >= 11 is 0. The zero-order valence-corrected chi connectivity index (χ0v) is 12.5. The predicted molar refractivity (Wildman–Crippen MR) is 86.1 cm³/mol. The number of aliphatic hydroxyl groups is 1. The molecular weight excluding hydrogens is 294 g/mol. The first-order valence-electron chi connectivity index (χ1n) is 7.11. The summed E-state index contributed by atoms with van der Waals surface area (Å²) in [5.41, 5.74) is 7.18. The van der Waals surface area contributed by atoms with Crippen LogP contribution in [0.25, 0.3) is 0 Å². The van der Waals surface area contributed by atoms with Crippen LogP contribution in [-0.4, -0.2) is 29.5 Å². The Hall–Kier alpha value is -2.86. The lowest BCUT2D eigenvalue weighted by molar-refractivity contribution is 0.0916. The molecule has 0 aliphatic carbocycles. The van der Waals surface area contributed by atoms with Gasteiger partial charge in [0, 0.05) is 11.1 Å². The normalized spacial score (nSPS) is 11.7. The molecule has 2 aromatic rings. The molecular formula is C17H18N3O3. The molecule has 0 bridgehead atoms. The maximum absolute atomic E-state index is 12.2. The van der Waals surface area contributed by atoms with Crippen molar-refractivity contribution in [1.29, 1.82) is 5.41 Å². The number of amides is 1. The number of carbonyl (C=O) groups excluding carboxylic acids is 1. The van der Waals surface area contributed by atoms with Crippen LogP contribution in [0.1, 0.15) is 21.5 Å². The molecule has 2 rings (SSSR count). The van der Waals surface area contributed by atoms with E-state index in [9.17, 15) is 15.0 Å². The standard InChI is InChI=1S/C17H18N3O3/c18-16(19)12-3-5-13(6-4-12)17(23)20-14(10-21)9-11-1-7-15(22)8-2-11/h1-8,14,21H,9-10H2,(H3,18,19)(H,20,23)/t14-/m1/s1. The Bertz CT molecular complexity index is 681. The van der Waals surface area contributed by atoms with Gasteiger partial charge in [0.1, 0.15) is 5.84 Å². The highest BCUT2D eigenvalue weighted by Crippen LogP contribution is 2.12. The second-order valence-electron chi connectivity index (χ2n) is 5.19. The fourth-order valence-electron chi connectivity index (χ4n) is 2.14. The van der Waals surface area contributed by atoms with E-state index in [1.54, 1.807) is 36.4 Å². The van der Waals surface area contributed by atoms with Gasteiger partial charge in [-0.25, -0.2) is 0 Å². The van der Waals surface area contributed by atoms with Crippen molar-refractivity contribution in [3.8, 4) is 5.75 Å². The lowest BCUT2D eigenvalue weighted by Crippen LogP contribution is -2.39. The van der Waals surface area contributed by atoms with Crippen LogP contribution >= 0.6 is 0 Å². The van der Waals surface area contributed by atoms with Gasteiger partial charge in [-0.05, 0) is 36.2 Å². The lowest BCUT2D eigenvalue weighted by atomic mass is 10.1. The number of hydrogen-bond acceptors (Lipinski definition) is 3. The summed E-state index contributed by atoms with van der Waals surface area (Å²) in [4.78, 5) is 12.2. The fourth-order valence-corrected chi connectivity index (χ4v) is 2.14. The van der Waals surface area contributed by atoms with E-state index in [2.05, 4.69) is 5.32 Å². The maximum Gasteiger partial charge on any atom is 0.251 e. The Labute approximate surface area is 134 Å². The van der Waals surface area contributed by atoms with E-state index in [1.165, 1.54) is 12.1 Å². The van der Waals surface area contributed by atoms with E-state index in [0.717, 1.165) is 5.56 Å². The summed E-state index contributed by atoms with van der Waals surface area (Å²) in [6, 6.07) is 12.2. The van der Waals surface area contributed by atoms with Crippen LogP contribution in [0.4, 0.5) is 0 Å². The summed E-state index contributed by atoms with van der Waals surface area (Å²) in [7, 11) is 0. The zero-order chi connectivity index (χ0) is 16.8. The molecule has 23 heavy (non-hydrogen) atoms. The Morgan fingerprint density at radius 2 is 1.65 bits per heavy atom. The van der Waals surface area contributed by atoms with Crippen LogP contribution in [0, 0.1) is 5.41 Å². The third-order valence-electron chi connectivity index (χ3n) is 3.42. The second kappa shape index (κ2) is 7.42. The minimum Gasteiger partial charge on any atom is -0.394 e. The largest absolute Gasteiger partial charge is 0.394 e. The fraction of sp³-hybridized carbons (Fsp3) is 0.176. The number of nitrogen functional groups attached to an aromatic ring is 1. The number of benzene rings is 2. The van der Waals surface area contributed by atoms with Crippen LogP contribution in [0.2, 0.25) is 0 Å². The van der Waals surface area contributed by atoms with Crippen LogP contribution < -0.4 is 11.1 Å². The van der Waals surface area contributed by atoms with Crippen molar-refractivity contribution < 1.29 is 15.0 Å². The lowest BCUT2D eigenvalue weighted by Gasteiger charge is -2.16. The topological polar surface area (TPSA) is 119 Å². The molecule has 0 unspecified atom stereocenters.